The molecule has 0 saturated carbocycles. The van der Waals surface area contributed by atoms with Gasteiger partial charge in [0.25, 0.3) is 0 Å². The Labute approximate surface area is 306 Å². The zero-order chi connectivity index (χ0) is 35.0. The lowest BCUT2D eigenvalue weighted by Gasteiger charge is -2.12. The largest absolute Gasteiger partial charge is 0.309 e. The molecule has 0 N–H and O–H groups in total. The predicted octanol–water partition coefficient (Wildman–Crippen LogP) is 11.1. The quantitative estimate of drug-likeness (QED) is 0.175. The molecule has 0 aliphatic carbocycles. The number of benzene rings is 8. The molecule has 5 heteroatoms. The molecule has 0 fully saturated rings. The molecule has 0 aliphatic rings. The van der Waals surface area contributed by atoms with Crippen molar-refractivity contribution in [2.24, 2.45) is 0 Å². The van der Waals surface area contributed by atoms with Crippen LogP contribution in [0, 0.1) is 0 Å². The van der Waals surface area contributed by atoms with Crippen molar-refractivity contribution in [3.05, 3.63) is 176 Å². The Morgan fingerprint density at radius 3 is 1.79 bits per heavy atom. The lowest BCUT2D eigenvalue weighted by Crippen LogP contribution is -2.03. The molecule has 2 radical (unpaired) electrons. The van der Waals surface area contributed by atoms with Gasteiger partial charge in [0.15, 0.2) is 0 Å². The van der Waals surface area contributed by atoms with Crippen molar-refractivity contribution in [3.8, 4) is 34.0 Å². The van der Waals surface area contributed by atoms with E-state index in [0.29, 0.717) is 5.95 Å². The van der Waals surface area contributed by atoms with Crippen LogP contribution in [0.3, 0.4) is 0 Å². The maximum absolute atomic E-state index is 6.37. The van der Waals surface area contributed by atoms with Crippen LogP contribution in [-0.2, 0) is 0 Å². The molecule has 0 bridgehead atoms. The molecule has 0 aliphatic heterocycles. The van der Waals surface area contributed by atoms with Gasteiger partial charge < -0.3 is 4.57 Å². The molecule has 0 unspecified atom stereocenters. The monoisotopic (exact) mass is 672 g/mol. The third-order valence-corrected chi connectivity index (χ3v) is 10.6. The number of hydrogen-bond donors (Lipinski definition) is 0. The van der Waals surface area contributed by atoms with Gasteiger partial charge in [-0.1, -0.05) is 127 Å². The Balaban J connectivity index is 1.18. The Bertz CT molecular complexity index is 3230. The molecule has 0 atom stereocenters. The van der Waals surface area contributed by atoms with E-state index in [1.807, 2.05) is 18.2 Å². The second-order valence-corrected chi connectivity index (χ2v) is 13.7. The van der Waals surface area contributed by atoms with Crippen LogP contribution < -0.4 is 5.46 Å². The van der Waals surface area contributed by atoms with Crippen LogP contribution in [-0.4, -0.2) is 26.9 Å². The molecule has 3 heterocycles. The van der Waals surface area contributed by atoms with Gasteiger partial charge in [-0.2, -0.15) is 0 Å². The van der Waals surface area contributed by atoms with Crippen molar-refractivity contribution < 1.29 is 0 Å². The Morgan fingerprint density at radius 1 is 0.396 bits per heavy atom. The van der Waals surface area contributed by atoms with Crippen LogP contribution in [0.5, 0.6) is 0 Å². The van der Waals surface area contributed by atoms with Crippen LogP contribution in [0.1, 0.15) is 0 Å². The third-order valence-electron chi connectivity index (χ3n) is 10.6. The number of nitrogens with zero attached hydrogens (tertiary/aromatic N) is 4. The molecule has 3 aromatic heterocycles. The molecular formula is C48H29BN4. The minimum absolute atomic E-state index is 0.651. The molecule has 0 saturated heterocycles. The van der Waals surface area contributed by atoms with Crippen molar-refractivity contribution in [3.63, 3.8) is 0 Å². The summed E-state index contributed by atoms with van der Waals surface area (Å²) in [6.07, 6.45) is 0. The average molecular weight is 673 g/mol. The van der Waals surface area contributed by atoms with E-state index in [9.17, 15) is 0 Å². The van der Waals surface area contributed by atoms with Crippen molar-refractivity contribution in [1.29, 1.82) is 0 Å². The van der Waals surface area contributed by atoms with Crippen LogP contribution in [0.4, 0.5) is 0 Å². The first-order chi connectivity index (χ1) is 26.2. The number of rotatable bonds is 4. The number of fused-ring (bicyclic) bond motifs is 9. The minimum Gasteiger partial charge on any atom is -0.309 e. The SMILES string of the molecule is [B]c1ccc2c(c1)c1cc(-c3ccc4c(c3)c3c5ccccc5ccc3n4-c3nc(-c4ccccc4)c4ccccc4n3)ccc1n2-c1ccccc1. The van der Waals surface area contributed by atoms with Gasteiger partial charge >= 0.3 is 0 Å². The lowest BCUT2D eigenvalue weighted by molar-refractivity contribution is 1.01. The minimum atomic E-state index is 0.651. The molecule has 11 aromatic rings. The first kappa shape index (κ1) is 29.7. The van der Waals surface area contributed by atoms with Gasteiger partial charge in [-0.05, 0) is 76.5 Å². The fourth-order valence-corrected chi connectivity index (χ4v) is 8.24. The summed E-state index contributed by atoms with van der Waals surface area (Å²) in [7, 11) is 6.37. The van der Waals surface area contributed by atoms with E-state index in [4.69, 9.17) is 17.8 Å². The molecule has 11 rings (SSSR count). The predicted molar refractivity (Wildman–Crippen MR) is 222 cm³/mol. The summed E-state index contributed by atoms with van der Waals surface area (Å²) >= 11 is 0. The average Bonchev–Trinajstić information content (AvgIpc) is 3.73. The standard InChI is InChI=1S/C48H29BN4/c49-34-22-26-43-39(29-34)38-27-32(20-23-42(38)52(43)35-14-5-2-6-15-35)33-21-24-44-40(28-33)46-36-16-8-7-11-30(36)19-25-45(46)53(44)48-50-41-18-10-9-17-37(41)47(51-48)31-12-3-1-4-13-31/h1-29H. The van der Waals surface area contributed by atoms with Gasteiger partial charge in [-0.3, -0.25) is 4.57 Å². The van der Waals surface area contributed by atoms with Crippen LogP contribution in [0.15, 0.2) is 176 Å². The summed E-state index contributed by atoms with van der Waals surface area (Å²) in [5.41, 5.74) is 11.5. The summed E-state index contributed by atoms with van der Waals surface area (Å²) in [6.45, 7) is 0. The summed E-state index contributed by atoms with van der Waals surface area (Å²) in [6, 6.07) is 62.0. The highest BCUT2D eigenvalue weighted by atomic mass is 15.2. The van der Waals surface area contributed by atoms with Gasteiger partial charge in [0.2, 0.25) is 5.95 Å². The highest BCUT2D eigenvalue weighted by molar-refractivity contribution is 6.34. The third kappa shape index (κ3) is 4.57. The lowest BCUT2D eigenvalue weighted by atomic mass is 9.94. The van der Waals surface area contributed by atoms with Gasteiger partial charge in [-0.15, -0.1) is 0 Å². The summed E-state index contributed by atoms with van der Waals surface area (Å²) < 4.78 is 4.56. The Kier molecular flexibility index (Phi) is 6.46. The summed E-state index contributed by atoms with van der Waals surface area (Å²) in [4.78, 5) is 10.5. The number of aromatic nitrogens is 4. The van der Waals surface area contributed by atoms with E-state index in [-0.39, 0.29) is 0 Å². The number of hydrogen-bond acceptors (Lipinski definition) is 2. The normalized spacial score (nSPS) is 11.8. The molecule has 4 nitrogen and oxygen atoms in total. The fourth-order valence-electron chi connectivity index (χ4n) is 8.24. The van der Waals surface area contributed by atoms with Crippen molar-refractivity contribution in [2.75, 3.05) is 0 Å². The molecular weight excluding hydrogens is 643 g/mol. The molecule has 8 aromatic carbocycles. The maximum atomic E-state index is 6.37. The zero-order valence-corrected chi connectivity index (χ0v) is 28.6. The van der Waals surface area contributed by atoms with Crippen LogP contribution in [0.25, 0.3) is 99.3 Å². The fraction of sp³-hybridized carbons (Fsp3) is 0. The van der Waals surface area contributed by atoms with Gasteiger partial charge in [-0.25, -0.2) is 9.97 Å². The highest BCUT2D eigenvalue weighted by Crippen LogP contribution is 2.40. The number of para-hydroxylation sites is 2. The van der Waals surface area contributed by atoms with Crippen molar-refractivity contribution >= 4 is 78.6 Å². The Hall–Kier alpha value is -6.98. The molecule has 53 heavy (non-hydrogen) atoms. The highest BCUT2D eigenvalue weighted by Gasteiger charge is 2.20. The molecule has 244 valence electrons. The van der Waals surface area contributed by atoms with E-state index in [2.05, 4.69) is 167 Å². The Morgan fingerprint density at radius 2 is 1.00 bits per heavy atom. The van der Waals surface area contributed by atoms with Gasteiger partial charge in [0.1, 0.15) is 7.85 Å². The second-order valence-electron chi connectivity index (χ2n) is 13.7. The zero-order valence-electron chi connectivity index (χ0n) is 28.6. The van der Waals surface area contributed by atoms with Gasteiger partial charge in [0.05, 0.1) is 33.3 Å². The summed E-state index contributed by atoms with van der Waals surface area (Å²) in [5.74, 6) is 0.651. The topological polar surface area (TPSA) is 35.6 Å². The molecule has 0 amide bonds. The van der Waals surface area contributed by atoms with E-state index >= 15 is 0 Å². The molecule has 0 spiro atoms. The first-order valence-corrected chi connectivity index (χ1v) is 17.9. The maximum Gasteiger partial charge on any atom is 0.235 e. The van der Waals surface area contributed by atoms with E-state index in [1.54, 1.807) is 0 Å². The first-order valence-electron chi connectivity index (χ1n) is 17.9. The second kappa shape index (κ2) is 11.5. The van der Waals surface area contributed by atoms with Crippen molar-refractivity contribution in [2.45, 2.75) is 0 Å². The van der Waals surface area contributed by atoms with E-state index in [0.717, 1.165) is 77.3 Å². The van der Waals surface area contributed by atoms with E-state index < -0.39 is 0 Å². The van der Waals surface area contributed by atoms with Crippen molar-refractivity contribution in [1.82, 2.24) is 19.1 Å². The van der Waals surface area contributed by atoms with E-state index in [1.165, 1.54) is 21.5 Å². The van der Waals surface area contributed by atoms with Gasteiger partial charge in [0, 0.05) is 38.2 Å². The van der Waals surface area contributed by atoms with Crippen LogP contribution >= 0.6 is 0 Å². The van der Waals surface area contributed by atoms with Crippen LogP contribution in [0.2, 0.25) is 0 Å². The summed E-state index contributed by atoms with van der Waals surface area (Å²) in [5, 5.41) is 8.07. The smallest absolute Gasteiger partial charge is 0.235 e.